The third kappa shape index (κ3) is 7.62. The van der Waals surface area contributed by atoms with Gasteiger partial charge >= 0.3 is 23.9 Å². The molecule has 0 saturated carbocycles. The molecule has 1 saturated heterocycles. The lowest BCUT2D eigenvalue weighted by molar-refractivity contribution is -0.245. The van der Waals surface area contributed by atoms with Crippen molar-refractivity contribution in [3.63, 3.8) is 0 Å². The average Bonchev–Trinajstić information content (AvgIpc) is 3.54. The molecule has 3 aromatic carbocycles. The summed E-state index contributed by atoms with van der Waals surface area (Å²) in [6.07, 6.45) is 1.38. The Labute approximate surface area is 254 Å². The Balaban J connectivity index is 1.58. The zero-order valence-electron chi connectivity index (χ0n) is 24.0. The van der Waals surface area contributed by atoms with Crippen molar-refractivity contribution in [1.82, 2.24) is 4.90 Å². The van der Waals surface area contributed by atoms with Gasteiger partial charge in [-0.2, -0.15) is 0 Å². The van der Waals surface area contributed by atoms with E-state index in [1.54, 1.807) is 47.4 Å². The van der Waals surface area contributed by atoms with Crippen LogP contribution in [0.3, 0.4) is 0 Å². The van der Waals surface area contributed by atoms with Gasteiger partial charge in [-0.05, 0) is 66.9 Å². The van der Waals surface area contributed by atoms with Crippen LogP contribution in [0.2, 0.25) is 5.02 Å². The first-order valence-corrected chi connectivity index (χ1v) is 13.9. The number of benzene rings is 3. The van der Waals surface area contributed by atoms with E-state index >= 15 is 0 Å². The fourth-order valence-corrected chi connectivity index (χ4v) is 4.85. The summed E-state index contributed by atoms with van der Waals surface area (Å²) in [6, 6.07) is 17.1. The first-order valence-electron chi connectivity index (χ1n) is 13.5. The number of rotatable bonds is 11. The van der Waals surface area contributed by atoms with Crippen LogP contribution in [0, 0.1) is 0 Å². The number of carbonyl (C=O) groups is 4. The molecule has 1 atom stereocenters. The maximum absolute atomic E-state index is 14.0. The lowest BCUT2D eigenvalue weighted by atomic mass is 10.0. The number of para-hydroxylation sites is 1. The molecule has 3 aromatic rings. The molecule has 1 aliphatic heterocycles. The summed E-state index contributed by atoms with van der Waals surface area (Å²) in [5.74, 6) is -3.28. The van der Waals surface area contributed by atoms with Gasteiger partial charge in [0.05, 0.1) is 36.2 Å². The maximum atomic E-state index is 14.0. The highest BCUT2D eigenvalue weighted by molar-refractivity contribution is 6.33. The molecule has 11 nitrogen and oxygen atoms in total. The van der Waals surface area contributed by atoms with E-state index in [0.29, 0.717) is 46.4 Å². The summed E-state index contributed by atoms with van der Waals surface area (Å²) >= 11 is 6.13. The lowest BCUT2D eigenvalue weighted by Crippen LogP contribution is -2.61. The Morgan fingerprint density at radius 3 is 2.21 bits per heavy atom. The predicted molar refractivity (Wildman–Crippen MR) is 160 cm³/mol. The number of hydrogen-bond donors (Lipinski definition) is 2. The van der Waals surface area contributed by atoms with Gasteiger partial charge in [-0.15, -0.1) is 0 Å². The molecule has 4 rings (SSSR count). The van der Waals surface area contributed by atoms with Crippen molar-refractivity contribution in [2.75, 3.05) is 37.9 Å². The number of urea groups is 1. The van der Waals surface area contributed by atoms with Gasteiger partial charge < -0.3 is 29.6 Å². The summed E-state index contributed by atoms with van der Waals surface area (Å²) in [4.78, 5) is 52.5. The maximum Gasteiger partial charge on any atom is 0.381 e. The van der Waals surface area contributed by atoms with Crippen molar-refractivity contribution in [2.45, 2.75) is 32.1 Å². The minimum absolute atomic E-state index is 0.188. The molecule has 1 fully saturated rings. The number of Topliss-reactive ketones (excluding diaryl/α,β-unsaturated/α-hetero) is 1. The van der Waals surface area contributed by atoms with Crippen LogP contribution < -0.4 is 20.1 Å². The second-order valence-electron chi connectivity index (χ2n) is 9.68. The van der Waals surface area contributed by atoms with Crippen LogP contribution in [-0.2, 0) is 25.5 Å². The normalized spacial score (nSPS) is 14.2. The monoisotopic (exact) mass is 609 g/mol. The minimum atomic E-state index is -2.05. The van der Waals surface area contributed by atoms with E-state index in [4.69, 9.17) is 30.5 Å². The van der Waals surface area contributed by atoms with Crippen molar-refractivity contribution in [3.05, 3.63) is 82.9 Å². The van der Waals surface area contributed by atoms with Crippen molar-refractivity contribution in [3.8, 4) is 11.5 Å². The number of halogens is 1. The highest BCUT2D eigenvalue weighted by Crippen LogP contribution is 2.32. The number of methoxy groups -OCH3 is 2. The number of ether oxygens (including phenoxy) is 4. The van der Waals surface area contributed by atoms with Crippen molar-refractivity contribution in [1.29, 1.82) is 0 Å². The number of anilines is 2. The van der Waals surface area contributed by atoms with Gasteiger partial charge in [0.15, 0.2) is 0 Å². The molecule has 43 heavy (non-hydrogen) atoms. The standard InChI is InChI=1S/C31H32ClN3O8/c1-20(36)42-31(35-16-6-7-17-35,43-23-13-11-22(12-14-23)29(38)41-3)28(37)19-21-10-15-26(27(18-21)40-2)34-30(39)33-25-9-5-4-8-24(25)32/h4-5,8-15,18H,6-7,16-17,19H2,1-3H3,(H2,33,34,39). The molecule has 2 amide bonds. The Bertz CT molecular complexity index is 1490. The largest absolute Gasteiger partial charge is 0.495 e. The second-order valence-corrected chi connectivity index (χ2v) is 10.1. The summed E-state index contributed by atoms with van der Waals surface area (Å²) in [7, 11) is 2.71. The molecule has 2 N–H and O–H groups in total. The molecule has 0 radical (unpaired) electrons. The van der Waals surface area contributed by atoms with Crippen LogP contribution in [0.5, 0.6) is 11.5 Å². The number of carbonyl (C=O) groups excluding carboxylic acids is 4. The minimum Gasteiger partial charge on any atom is -0.495 e. The van der Waals surface area contributed by atoms with Gasteiger partial charge in [-0.25, -0.2) is 14.5 Å². The number of esters is 2. The second kappa shape index (κ2) is 14.0. The van der Waals surface area contributed by atoms with Crippen molar-refractivity contribution < 1.29 is 38.1 Å². The third-order valence-electron chi connectivity index (χ3n) is 6.69. The van der Waals surface area contributed by atoms with E-state index in [2.05, 4.69) is 10.6 Å². The van der Waals surface area contributed by atoms with Crippen LogP contribution in [-0.4, -0.2) is 61.9 Å². The fraction of sp³-hybridized carbons (Fsp3) is 0.290. The highest BCUT2D eigenvalue weighted by atomic mass is 35.5. The summed E-state index contributed by atoms with van der Waals surface area (Å²) in [5.41, 5.74) is 1.61. The SMILES string of the molecule is COC(=O)c1ccc(OC(OC(C)=O)(C(=O)Cc2ccc(NC(=O)Nc3ccccc3Cl)c(OC)c2)N2CCCC2)cc1. The van der Waals surface area contributed by atoms with E-state index in [9.17, 15) is 19.2 Å². The van der Waals surface area contributed by atoms with Gasteiger partial charge in [0, 0.05) is 26.4 Å². The smallest absolute Gasteiger partial charge is 0.381 e. The molecule has 0 aliphatic carbocycles. The average molecular weight is 610 g/mol. The molecule has 226 valence electrons. The van der Waals surface area contributed by atoms with E-state index in [-0.39, 0.29) is 12.2 Å². The third-order valence-corrected chi connectivity index (χ3v) is 7.02. The topological polar surface area (TPSA) is 132 Å². The molecule has 1 unspecified atom stereocenters. The highest BCUT2D eigenvalue weighted by Gasteiger charge is 2.51. The van der Waals surface area contributed by atoms with Crippen LogP contribution in [0.15, 0.2) is 66.7 Å². The summed E-state index contributed by atoms with van der Waals surface area (Å²) in [5, 5.41) is 5.77. The number of likely N-dealkylation sites (tertiary alicyclic amines) is 1. The molecular formula is C31H32ClN3O8. The Morgan fingerprint density at radius 1 is 0.907 bits per heavy atom. The van der Waals surface area contributed by atoms with E-state index < -0.39 is 29.7 Å². The molecule has 0 bridgehead atoms. The van der Waals surface area contributed by atoms with Gasteiger partial charge in [0.25, 0.3) is 0 Å². The summed E-state index contributed by atoms with van der Waals surface area (Å²) in [6.45, 7) is 2.14. The van der Waals surface area contributed by atoms with E-state index in [0.717, 1.165) is 12.8 Å². The fourth-order valence-electron chi connectivity index (χ4n) is 4.67. The Kier molecular flexibility index (Phi) is 10.2. The zero-order chi connectivity index (χ0) is 31.0. The lowest BCUT2D eigenvalue weighted by Gasteiger charge is -2.38. The molecule has 0 spiro atoms. The molecule has 0 aromatic heterocycles. The number of amides is 2. The quantitative estimate of drug-likeness (QED) is 0.220. The first-order chi connectivity index (χ1) is 20.6. The molecule has 12 heteroatoms. The predicted octanol–water partition coefficient (Wildman–Crippen LogP) is 5.28. The van der Waals surface area contributed by atoms with Crippen LogP contribution in [0.1, 0.15) is 35.7 Å². The van der Waals surface area contributed by atoms with Gasteiger partial charge in [-0.1, -0.05) is 29.8 Å². The van der Waals surface area contributed by atoms with Crippen LogP contribution in [0.25, 0.3) is 0 Å². The van der Waals surface area contributed by atoms with E-state index in [1.165, 1.54) is 45.4 Å². The molecule has 1 heterocycles. The van der Waals surface area contributed by atoms with Crippen molar-refractivity contribution >= 4 is 46.7 Å². The Morgan fingerprint density at radius 2 is 1.58 bits per heavy atom. The number of ketones is 1. The zero-order valence-corrected chi connectivity index (χ0v) is 24.7. The first kappa shape index (κ1) is 31.3. The van der Waals surface area contributed by atoms with Crippen molar-refractivity contribution in [2.24, 2.45) is 0 Å². The van der Waals surface area contributed by atoms with Crippen LogP contribution >= 0.6 is 11.6 Å². The number of nitrogens with zero attached hydrogens (tertiary/aromatic N) is 1. The van der Waals surface area contributed by atoms with Crippen LogP contribution in [0.4, 0.5) is 16.2 Å². The number of nitrogens with one attached hydrogen (secondary N) is 2. The summed E-state index contributed by atoms with van der Waals surface area (Å²) < 4.78 is 22.1. The van der Waals surface area contributed by atoms with Gasteiger partial charge in [-0.3, -0.25) is 9.59 Å². The van der Waals surface area contributed by atoms with Gasteiger partial charge in [0.1, 0.15) is 11.5 Å². The Hall–Kier alpha value is -4.61. The van der Waals surface area contributed by atoms with E-state index in [1.807, 2.05) is 0 Å². The number of hydrogen-bond acceptors (Lipinski definition) is 9. The molecular weight excluding hydrogens is 578 g/mol. The van der Waals surface area contributed by atoms with Gasteiger partial charge in [0.2, 0.25) is 5.78 Å². The molecule has 1 aliphatic rings.